The fourth-order valence-corrected chi connectivity index (χ4v) is 3.98. The molecule has 2 rings (SSSR count). The van der Waals surface area contributed by atoms with Gasteiger partial charge in [-0.3, -0.25) is 0 Å². The fourth-order valence-electron chi connectivity index (χ4n) is 2.87. The van der Waals surface area contributed by atoms with Gasteiger partial charge in [0, 0.05) is 12.6 Å². The Bertz CT molecular complexity index is 181. The molecular formula is C13H25NS. The lowest BCUT2D eigenvalue weighted by Gasteiger charge is -2.36. The minimum Gasteiger partial charge on any atom is -0.313 e. The zero-order valence-corrected chi connectivity index (χ0v) is 10.9. The number of hydrogen-bond donors (Lipinski definition) is 1. The molecule has 0 bridgehead atoms. The van der Waals surface area contributed by atoms with Crippen LogP contribution in [-0.2, 0) is 0 Å². The van der Waals surface area contributed by atoms with Gasteiger partial charge in [0.05, 0.1) is 0 Å². The van der Waals surface area contributed by atoms with Crippen molar-refractivity contribution in [2.75, 3.05) is 18.1 Å². The van der Waals surface area contributed by atoms with E-state index in [0.29, 0.717) is 5.41 Å². The average molecular weight is 227 g/mol. The minimum atomic E-state index is 0.614. The monoisotopic (exact) mass is 227 g/mol. The summed E-state index contributed by atoms with van der Waals surface area (Å²) < 4.78 is 0. The molecule has 2 heteroatoms. The number of nitrogens with one attached hydrogen (secondary N) is 1. The first-order valence-corrected chi connectivity index (χ1v) is 7.75. The molecule has 1 N–H and O–H groups in total. The Labute approximate surface area is 98.8 Å². The van der Waals surface area contributed by atoms with Gasteiger partial charge in [-0.2, -0.15) is 11.8 Å². The maximum absolute atomic E-state index is 3.82. The second-order valence-corrected chi connectivity index (χ2v) is 6.86. The van der Waals surface area contributed by atoms with Crippen LogP contribution < -0.4 is 5.32 Å². The smallest absolute Gasteiger partial charge is 0.00830 e. The summed E-state index contributed by atoms with van der Waals surface area (Å²) in [5.74, 6) is 2.74. The highest BCUT2D eigenvalue weighted by molar-refractivity contribution is 7.99. The van der Waals surface area contributed by atoms with Gasteiger partial charge in [0.1, 0.15) is 0 Å². The zero-order valence-electron chi connectivity index (χ0n) is 10.1. The van der Waals surface area contributed by atoms with Gasteiger partial charge in [-0.15, -0.1) is 0 Å². The van der Waals surface area contributed by atoms with E-state index in [2.05, 4.69) is 24.0 Å². The predicted molar refractivity (Wildman–Crippen MR) is 69.5 cm³/mol. The van der Waals surface area contributed by atoms with Gasteiger partial charge in [-0.1, -0.05) is 26.2 Å². The van der Waals surface area contributed by atoms with Crippen LogP contribution in [0.25, 0.3) is 0 Å². The fraction of sp³-hybridized carbons (Fsp3) is 1.00. The first kappa shape index (κ1) is 11.8. The standard InChI is InChI=1S/C13H25NS/c1-13(7-3-2-4-8-13)11-14-12-5-9-15-10-6-12/h12,14H,2-11H2,1H3. The van der Waals surface area contributed by atoms with Gasteiger partial charge in [-0.25, -0.2) is 0 Å². The van der Waals surface area contributed by atoms with Crippen molar-refractivity contribution in [2.45, 2.75) is 57.9 Å². The van der Waals surface area contributed by atoms with Crippen LogP contribution in [-0.4, -0.2) is 24.1 Å². The number of thioether (sulfide) groups is 1. The molecular weight excluding hydrogens is 202 g/mol. The van der Waals surface area contributed by atoms with E-state index in [1.807, 2.05) is 0 Å². The van der Waals surface area contributed by atoms with Gasteiger partial charge >= 0.3 is 0 Å². The Morgan fingerprint density at radius 2 is 1.80 bits per heavy atom. The van der Waals surface area contributed by atoms with Crippen LogP contribution in [0.4, 0.5) is 0 Å². The van der Waals surface area contributed by atoms with Crippen LogP contribution in [0.2, 0.25) is 0 Å². The first-order chi connectivity index (χ1) is 7.29. The summed E-state index contributed by atoms with van der Waals surface area (Å²) in [5.41, 5.74) is 0.614. The van der Waals surface area contributed by atoms with Gasteiger partial charge < -0.3 is 5.32 Å². The highest BCUT2D eigenvalue weighted by Gasteiger charge is 2.27. The third-order valence-electron chi connectivity index (χ3n) is 4.10. The number of hydrogen-bond acceptors (Lipinski definition) is 2. The molecule has 0 atom stereocenters. The van der Waals surface area contributed by atoms with Gasteiger partial charge in [0.25, 0.3) is 0 Å². The van der Waals surface area contributed by atoms with Crippen molar-refractivity contribution in [1.82, 2.24) is 5.32 Å². The number of rotatable bonds is 3. The average Bonchev–Trinajstić information content (AvgIpc) is 2.29. The second-order valence-electron chi connectivity index (χ2n) is 5.64. The summed E-state index contributed by atoms with van der Waals surface area (Å²) in [7, 11) is 0. The van der Waals surface area contributed by atoms with Crippen LogP contribution in [0.15, 0.2) is 0 Å². The van der Waals surface area contributed by atoms with Crippen molar-refractivity contribution >= 4 is 11.8 Å². The molecule has 1 nitrogen and oxygen atoms in total. The normalized spacial score (nSPS) is 27.8. The molecule has 2 fully saturated rings. The molecule has 0 radical (unpaired) electrons. The Morgan fingerprint density at radius 1 is 1.13 bits per heavy atom. The van der Waals surface area contributed by atoms with E-state index in [4.69, 9.17) is 0 Å². The maximum Gasteiger partial charge on any atom is 0.00830 e. The van der Waals surface area contributed by atoms with Gasteiger partial charge in [-0.05, 0) is 42.6 Å². The van der Waals surface area contributed by atoms with Crippen molar-refractivity contribution < 1.29 is 0 Å². The van der Waals surface area contributed by atoms with Gasteiger partial charge in [0.15, 0.2) is 0 Å². The van der Waals surface area contributed by atoms with E-state index < -0.39 is 0 Å². The summed E-state index contributed by atoms with van der Waals surface area (Å²) >= 11 is 2.12. The predicted octanol–water partition coefficient (Wildman–Crippen LogP) is 3.44. The summed E-state index contributed by atoms with van der Waals surface area (Å²) in [5, 5.41) is 3.82. The molecule has 15 heavy (non-hydrogen) atoms. The largest absolute Gasteiger partial charge is 0.313 e. The summed E-state index contributed by atoms with van der Waals surface area (Å²) in [4.78, 5) is 0. The zero-order chi connectivity index (χ0) is 10.6. The second kappa shape index (κ2) is 5.58. The van der Waals surface area contributed by atoms with Crippen molar-refractivity contribution in [2.24, 2.45) is 5.41 Å². The highest BCUT2D eigenvalue weighted by Crippen LogP contribution is 2.35. The van der Waals surface area contributed by atoms with Crippen LogP contribution >= 0.6 is 11.8 Å². The molecule has 0 spiro atoms. The minimum absolute atomic E-state index is 0.614. The lowest BCUT2D eigenvalue weighted by molar-refractivity contribution is 0.198. The Hall–Kier alpha value is 0.310. The molecule has 1 heterocycles. The molecule has 0 amide bonds. The highest BCUT2D eigenvalue weighted by atomic mass is 32.2. The Balaban J connectivity index is 1.70. The molecule has 88 valence electrons. The van der Waals surface area contributed by atoms with Crippen molar-refractivity contribution in [3.05, 3.63) is 0 Å². The molecule has 0 aromatic rings. The Morgan fingerprint density at radius 3 is 2.47 bits per heavy atom. The van der Waals surface area contributed by atoms with Crippen LogP contribution in [0.3, 0.4) is 0 Å². The van der Waals surface area contributed by atoms with E-state index in [1.54, 1.807) is 0 Å². The summed E-state index contributed by atoms with van der Waals surface area (Å²) in [6.45, 7) is 3.75. The van der Waals surface area contributed by atoms with Crippen LogP contribution in [0, 0.1) is 5.41 Å². The lowest BCUT2D eigenvalue weighted by atomic mass is 9.75. The maximum atomic E-state index is 3.82. The molecule has 2 aliphatic rings. The topological polar surface area (TPSA) is 12.0 Å². The molecule has 1 saturated heterocycles. The van der Waals surface area contributed by atoms with Crippen LogP contribution in [0.5, 0.6) is 0 Å². The SMILES string of the molecule is CC1(CNC2CCSCC2)CCCCC1. The van der Waals surface area contributed by atoms with E-state index in [-0.39, 0.29) is 0 Å². The lowest BCUT2D eigenvalue weighted by Crippen LogP contribution is -2.40. The van der Waals surface area contributed by atoms with Crippen molar-refractivity contribution in [3.63, 3.8) is 0 Å². The third kappa shape index (κ3) is 3.67. The van der Waals surface area contributed by atoms with E-state index in [0.717, 1.165) is 6.04 Å². The Kier molecular flexibility index (Phi) is 4.39. The van der Waals surface area contributed by atoms with E-state index in [9.17, 15) is 0 Å². The van der Waals surface area contributed by atoms with Crippen molar-refractivity contribution in [3.8, 4) is 0 Å². The van der Waals surface area contributed by atoms with Gasteiger partial charge in [0.2, 0.25) is 0 Å². The van der Waals surface area contributed by atoms with Crippen LogP contribution in [0.1, 0.15) is 51.9 Å². The van der Waals surface area contributed by atoms with Crippen molar-refractivity contribution in [1.29, 1.82) is 0 Å². The third-order valence-corrected chi connectivity index (χ3v) is 5.15. The quantitative estimate of drug-likeness (QED) is 0.792. The van der Waals surface area contributed by atoms with E-state index >= 15 is 0 Å². The van der Waals surface area contributed by atoms with E-state index in [1.165, 1.54) is 63.0 Å². The summed E-state index contributed by atoms with van der Waals surface area (Å²) in [6.07, 6.45) is 10.1. The molecule has 1 aliphatic carbocycles. The molecule has 0 aromatic heterocycles. The molecule has 0 unspecified atom stereocenters. The summed E-state index contributed by atoms with van der Waals surface area (Å²) in [6, 6.07) is 0.824. The first-order valence-electron chi connectivity index (χ1n) is 6.60. The molecule has 1 aliphatic heterocycles. The molecule has 0 aromatic carbocycles. The molecule has 1 saturated carbocycles.